The van der Waals surface area contributed by atoms with Gasteiger partial charge in [0.05, 0.1) is 25.1 Å². The van der Waals surface area contributed by atoms with E-state index >= 15 is 0 Å². The standard InChI is InChI=1S/C20H20N4O4/c1-13-17(11-28-22-13)20(25)24-10-14-8-15(23-4-6-26-7-5-23)2-3-16(14)19(24)18-9-21-12-27-18/h2-3,8-9,11-12,19H,4-7,10H2,1H3. The second-order valence-corrected chi connectivity index (χ2v) is 7.04. The zero-order chi connectivity index (χ0) is 19.1. The number of carbonyl (C=O) groups excluding carboxylic acids is 1. The molecule has 8 heteroatoms. The SMILES string of the molecule is Cc1nocc1C(=O)N1Cc2cc(N3CCOCC3)ccc2C1c1cnco1. The van der Waals surface area contributed by atoms with Crippen LogP contribution in [0.5, 0.6) is 0 Å². The zero-order valence-electron chi connectivity index (χ0n) is 15.5. The van der Waals surface area contributed by atoms with E-state index in [1.807, 2.05) is 0 Å². The molecule has 144 valence electrons. The maximum absolute atomic E-state index is 13.2. The van der Waals surface area contributed by atoms with Crippen LogP contribution in [0.15, 0.2) is 46.0 Å². The van der Waals surface area contributed by atoms with Crippen molar-refractivity contribution >= 4 is 11.6 Å². The molecule has 4 heterocycles. The van der Waals surface area contributed by atoms with E-state index < -0.39 is 0 Å². The lowest BCUT2D eigenvalue weighted by Crippen LogP contribution is -2.36. The monoisotopic (exact) mass is 380 g/mol. The second kappa shape index (κ2) is 6.79. The van der Waals surface area contributed by atoms with Crippen LogP contribution in [0.4, 0.5) is 5.69 Å². The van der Waals surface area contributed by atoms with Crippen LogP contribution in [-0.4, -0.2) is 47.3 Å². The van der Waals surface area contributed by atoms with E-state index in [9.17, 15) is 4.79 Å². The van der Waals surface area contributed by atoms with Gasteiger partial charge in [-0.25, -0.2) is 4.98 Å². The van der Waals surface area contributed by atoms with E-state index in [0.717, 1.165) is 43.1 Å². The zero-order valence-corrected chi connectivity index (χ0v) is 15.5. The van der Waals surface area contributed by atoms with Gasteiger partial charge in [-0.3, -0.25) is 4.79 Å². The quantitative estimate of drug-likeness (QED) is 0.690. The van der Waals surface area contributed by atoms with Gasteiger partial charge >= 0.3 is 0 Å². The first-order valence-corrected chi connectivity index (χ1v) is 9.28. The van der Waals surface area contributed by atoms with E-state index in [2.05, 4.69) is 33.2 Å². The molecule has 1 atom stereocenters. The number of hydrogen-bond donors (Lipinski definition) is 0. The maximum Gasteiger partial charge on any atom is 0.260 e. The molecular weight excluding hydrogens is 360 g/mol. The molecule has 0 spiro atoms. The lowest BCUT2D eigenvalue weighted by Gasteiger charge is -2.29. The van der Waals surface area contributed by atoms with E-state index in [1.165, 1.54) is 12.7 Å². The summed E-state index contributed by atoms with van der Waals surface area (Å²) < 4.78 is 16.0. The Morgan fingerprint density at radius 1 is 1.25 bits per heavy atom. The first kappa shape index (κ1) is 17.0. The van der Waals surface area contributed by atoms with Crippen LogP contribution in [0.1, 0.15) is 39.0 Å². The smallest absolute Gasteiger partial charge is 0.260 e. The van der Waals surface area contributed by atoms with Crippen molar-refractivity contribution in [1.82, 2.24) is 15.0 Å². The predicted molar refractivity (Wildman–Crippen MR) is 98.9 cm³/mol. The number of hydrogen-bond acceptors (Lipinski definition) is 7. The topological polar surface area (TPSA) is 84.8 Å². The fourth-order valence-electron chi connectivity index (χ4n) is 3.97. The largest absolute Gasteiger partial charge is 0.446 e. The van der Waals surface area contributed by atoms with Crippen LogP contribution in [0.2, 0.25) is 0 Å². The molecule has 0 bridgehead atoms. The molecular formula is C20H20N4O4. The highest BCUT2D eigenvalue weighted by atomic mass is 16.5. The molecule has 0 saturated carbocycles. The molecule has 0 aliphatic carbocycles. The lowest BCUT2D eigenvalue weighted by atomic mass is 10.0. The molecule has 0 N–H and O–H groups in total. The summed E-state index contributed by atoms with van der Waals surface area (Å²) in [6, 6.07) is 6.03. The number of benzene rings is 1. The summed E-state index contributed by atoms with van der Waals surface area (Å²) in [5.41, 5.74) is 4.34. The van der Waals surface area contributed by atoms with Crippen molar-refractivity contribution in [3.8, 4) is 0 Å². The Bertz CT molecular complexity index is 992. The molecule has 1 aromatic carbocycles. The Labute approximate surface area is 161 Å². The van der Waals surface area contributed by atoms with E-state index in [0.29, 0.717) is 23.6 Å². The fraction of sp³-hybridized carbons (Fsp3) is 0.350. The molecule has 1 unspecified atom stereocenters. The number of carbonyl (C=O) groups is 1. The highest BCUT2D eigenvalue weighted by molar-refractivity contribution is 5.95. The van der Waals surface area contributed by atoms with Gasteiger partial charge in [-0.15, -0.1) is 0 Å². The van der Waals surface area contributed by atoms with E-state index in [4.69, 9.17) is 13.7 Å². The third-order valence-corrected chi connectivity index (χ3v) is 5.41. The van der Waals surface area contributed by atoms with Gasteiger partial charge in [-0.2, -0.15) is 0 Å². The Hall–Kier alpha value is -3.13. The number of aromatic nitrogens is 2. The highest BCUT2D eigenvalue weighted by Crippen LogP contribution is 2.41. The number of fused-ring (bicyclic) bond motifs is 1. The number of oxazole rings is 1. The third kappa shape index (κ3) is 2.77. The summed E-state index contributed by atoms with van der Waals surface area (Å²) in [5, 5.41) is 3.84. The van der Waals surface area contributed by atoms with Gasteiger partial charge in [0.1, 0.15) is 17.9 Å². The molecule has 0 radical (unpaired) electrons. The third-order valence-electron chi connectivity index (χ3n) is 5.41. The number of anilines is 1. The second-order valence-electron chi connectivity index (χ2n) is 7.04. The average molecular weight is 380 g/mol. The number of aryl methyl sites for hydroxylation is 1. The van der Waals surface area contributed by atoms with Gasteiger partial charge in [0.15, 0.2) is 12.2 Å². The van der Waals surface area contributed by atoms with Gasteiger partial charge in [0, 0.05) is 25.3 Å². The Kier molecular flexibility index (Phi) is 4.12. The van der Waals surface area contributed by atoms with Gasteiger partial charge in [0.2, 0.25) is 0 Å². The van der Waals surface area contributed by atoms with Crippen molar-refractivity contribution in [2.75, 3.05) is 31.2 Å². The Balaban J connectivity index is 1.53. The van der Waals surface area contributed by atoms with Crippen molar-refractivity contribution in [1.29, 1.82) is 0 Å². The normalized spacial score (nSPS) is 19.1. The number of ether oxygens (including phenoxy) is 1. The van der Waals surface area contributed by atoms with Crippen LogP contribution < -0.4 is 4.90 Å². The molecule has 1 amide bonds. The molecule has 5 rings (SSSR count). The maximum atomic E-state index is 13.2. The molecule has 2 aliphatic heterocycles. The Morgan fingerprint density at radius 2 is 2.11 bits per heavy atom. The van der Waals surface area contributed by atoms with E-state index in [-0.39, 0.29) is 11.9 Å². The number of morpholine rings is 1. The molecule has 2 aliphatic rings. The number of rotatable bonds is 3. The van der Waals surface area contributed by atoms with Gasteiger partial charge in [-0.05, 0) is 30.2 Å². The van der Waals surface area contributed by atoms with E-state index in [1.54, 1.807) is 18.0 Å². The molecule has 1 fully saturated rings. The van der Waals surface area contributed by atoms with Crippen LogP contribution >= 0.6 is 0 Å². The number of amides is 1. The summed E-state index contributed by atoms with van der Waals surface area (Å²) in [6.45, 7) is 5.45. The van der Waals surface area contributed by atoms with Crippen LogP contribution in [0.3, 0.4) is 0 Å². The summed E-state index contributed by atoms with van der Waals surface area (Å²) in [6.07, 6.45) is 4.45. The molecule has 1 saturated heterocycles. The lowest BCUT2D eigenvalue weighted by molar-refractivity contribution is 0.0702. The minimum Gasteiger partial charge on any atom is -0.446 e. The van der Waals surface area contributed by atoms with Crippen molar-refractivity contribution in [2.24, 2.45) is 0 Å². The molecule has 8 nitrogen and oxygen atoms in total. The molecule has 2 aromatic heterocycles. The molecule has 28 heavy (non-hydrogen) atoms. The van der Waals surface area contributed by atoms with Gasteiger partial charge in [-0.1, -0.05) is 11.2 Å². The highest BCUT2D eigenvalue weighted by Gasteiger charge is 2.38. The molecule has 3 aromatic rings. The first-order chi connectivity index (χ1) is 13.7. The van der Waals surface area contributed by atoms with Crippen LogP contribution in [0.25, 0.3) is 0 Å². The van der Waals surface area contributed by atoms with Crippen LogP contribution in [0, 0.1) is 6.92 Å². The van der Waals surface area contributed by atoms with Gasteiger partial charge < -0.3 is 23.5 Å². The fourth-order valence-corrected chi connectivity index (χ4v) is 3.97. The van der Waals surface area contributed by atoms with Crippen molar-refractivity contribution in [2.45, 2.75) is 19.5 Å². The number of nitrogens with zero attached hydrogens (tertiary/aromatic N) is 4. The minimum absolute atomic E-state index is 0.135. The van der Waals surface area contributed by atoms with Gasteiger partial charge in [0.25, 0.3) is 5.91 Å². The first-order valence-electron chi connectivity index (χ1n) is 9.28. The summed E-state index contributed by atoms with van der Waals surface area (Å²) in [5.74, 6) is 0.504. The minimum atomic E-state index is -0.321. The average Bonchev–Trinajstić information content (AvgIpc) is 3.46. The summed E-state index contributed by atoms with van der Waals surface area (Å²) in [7, 11) is 0. The summed E-state index contributed by atoms with van der Waals surface area (Å²) >= 11 is 0. The van der Waals surface area contributed by atoms with Crippen LogP contribution in [-0.2, 0) is 11.3 Å². The predicted octanol–water partition coefficient (Wildman–Crippen LogP) is 2.55. The van der Waals surface area contributed by atoms with Crippen molar-refractivity contribution in [3.05, 3.63) is 65.2 Å². The van der Waals surface area contributed by atoms with Crippen molar-refractivity contribution in [3.63, 3.8) is 0 Å². The Morgan fingerprint density at radius 3 is 2.82 bits per heavy atom. The summed E-state index contributed by atoms with van der Waals surface area (Å²) in [4.78, 5) is 21.4. The van der Waals surface area contributed by atoms with Crippen molar-refractivity contribution < 1.29 is 18.5 Å².